The molecule has 3 N–H and O–H groups in total. The summed E-state index contributed by atoms with van der Waals surface area (Å²) < 4.78 is 1.06. The fourth-order valence-electron chi connectivity index (χ4n) is 2.74. The topological polar surface area (TPSA) is 46.2 Å². The third-order valence-electron chi connectivity index (χ3n) is 3.77. The van der Waals surface area contributed by atoms with Gasteiger partial charge >= 0.3 is 0 Å². The predicted octanol–water partition coefficient (Wildman–Crippen LogP) is 4.07. The molecular formula is C16H26BrNO. The lowest BCUT2D eigenvalue weighted by Crippen LogP contribution is -2.32. The molecule has 108 valence electrons. The van der Waals surface area contributed by atoms with Crippen LogP contribution in [0.25, 0.3) is 0 Å². The summed E-state index contributed by atoms with van der Waals surface area (Å²) in [7, 11) is 0. The Morgan fingerprint density at radius 2 is 1.63 bits per heavy atom. The summed E-state index contributed by atoms with van der Waals surface area (Å²) in [6.07, 6.45) is 4.02. The van der Waals surface area contributed by atoms with Gasteiger partial charge in [-0.05, 0) is 36.5 Å². The van der Waals surface area contributed by atoms with Gasteiger partial charge in [-0.3, -0.25) is 0 Å². The zero-order valence-corrected chi connectivity index (χ0v) is 13.6. The second-order valence-corrected chi connectivity index (χ2v) is 6.14. The monoisotopic (exact) mass is 327 g/mol. The number of aliphatic hydroxyl groups excluding tert-OH is 1. The van der Waals surface area contributed by atoms with E-state index < -0.39 is 0 Å². The van der Waals surface area contributed by atoms with Crippen molar-refractivity contribution in [2.45, 2.75) is 51.6 Å². The summed E-state index contributed by atoms with van der Waals surface area (Å²) >= 11 is 3.44. The summed E-state index contributed by atoms with van der Waals surface area (Å²) in [5, 5.41) is 10.7. The maximum atomic E-state index is 10.7. The van der Waals surface area contributed by atoms with Gasteiger partial charge in [0.1, 0.15) is 0 Å². The molecule has 2 atom stereocenters. The van der Waals surface area contributed by atoms with E-state index in [1.54, 1.807) is 0 Å². The summed E-state index contributed by atoms with van der Waals surface area (Å²) in [4.78, 5) is 0. The Morgan fingerprint density at radius 1 is 1.11 bits per heavy atom. The molecule has 0 aliphatic carbocycles. The van der Waals surface area contributed by atoms with Crippen molar-refractivity contribution in [3.05, 3.63) is 34.3 Å². The van der Waals surface area contributed by atoms with E-state index in [1.807, 2.05) is 12.1 Å². The predicted molar refractivity (Wildman–Crippen MR) is 85.3 cm³/mol. The summed E-state index contributed by atoms with van der Waals surface area (Å²) in [6.45, 7) is 4.84. The minimum absolute atomic E-state index is 0.0381. The summed E-state index contributed by atoms with van der Waals surface area (Å²) in [5.74, 6) is 0.392. The molecule has 0 saturated carbocycles. The second-order valence-electron chi connectivity index (χ2n) is 5.22. The Hall–Kier alpha value is -0.380. The molecule has 0 bridgehead atoms. The average Bonchev–Trinajstić information content (AvgIpc) is 2.41. The molecule has 0 aliphatic heterocycles. The van der Waals surface area contributed by atoms with Crippen molar-refractivity contribution < 1.29 is 5.11 Å². The molecule has 0 saturated heterocycles. The molecule has 1 rings (SSSR count). The van der Waals surface area contributed by atoms with E-state index >= 15 is 0 Å². The van der Waals surface area contributed by atoms with Gasteiger partial charge in [0.2, 0.25) is 0 Å². The van der Waals surface area contributed by atoms with Crippen LogP contribution >= 0.6 is 15.9 Å². The number of rotatable bonds is 8. The van der Waals surface area contributed by atoms with Gasteiger partial charge in [0.05, 0.1) is 6.10 Å². The van der Waals surface area contributed by atoms with Gasteiger partial charge in [0.25, 0.3) is 0 Å². The normalized spacial score (nSPS) is 14.6. The van der Waals surface area contributed by atoms with Crippen LogP contribution in [0.3, 0.4) is 0 Å². The quantitative estimate of drug-likeness (QED) is 0.756. The van der Waals surface area contributed by atoms with Crippen LogP contribution in [0.4, 0.5) is 0 Å². The van der Waals surface area contributed by atoms with Crippen molar-refractivity contribution >= 4 is 15.9 Å². The first-order valence-electron chi connectivity index (χ1n) is 7.27. The largest absolute Gasteiger partial charge is 0.392 e. The van der Waals surface area contributed by atoms with Crippen molar-refractivity contribution in [2.24, 2.45) is 11.7 Å². The first-order chi connectivity index (χ1) is 9.13. The van der Waals surface area contributed by atoms with Crippen molar-refractivity contribution in [1.82, 2.24) is 0 Å². The van der Waals surface area contributed by atoms with Gasteiger partial charge < -0.3 is 10.8 Å². The first-order valence-corrected chi connectivity index (χ1v) is 8.06. The molecule has 0 aliphatic rings. The van der Waals surface area contributed by atoms with Crippen LogP contribution in [0.15, 0.2) is 28.7 Å². The highest BCUT2D eigenvalue weighted by atomic mass is 79.9. The van der Waals surface area contributed by atoms with Crippen LogP contribution in [0.1, 0.15) is 51.0 Å². The van der Waals surface area contributed by atoms with E-state index in [0.717, 1.165) is 35.7 Å². The molecule has 0 heterocycles. The molecule has 1 aromatic rings. The van der Waals surface area contributed by atoms with E-state index in [-0.39, 0.29) is 12.0 Å². The van der Waals surface area contributed by atoms with Gasteiger partial charge in [-0.2, -0.15) is 0 Å². The van der Waals surface area contributed by atoms with Crippen LogP contribution in [0.2, 0.25) is 0 Å². The fourth-order valence-corrected chi connectivity index (χ4v) is 3.00. The number of nitrogens with two attached hydrogens (primary N) is 1. The molecular weight excluding hydrogens is 302 g/mol. The molecule has 0 amide bonds. The Morgan fingerprint density at radius 3 is 2.05 bits per heavy atom. The Bertz CT molecular complexity index is 346. The van der Waals surface area contributed by atoms with Gasteiger partial charge in [-0.15, -0.1) is 0 Å². The number of halogens is 1. The number of benzene rings is 1. The molecule has 3 heteroatoms. The minimum Gasteiger partial charge on any atom is -0.392 e. The van der Waals surface area contributed by atoms with Gasteiger partial charge in [-0.1, -0.05) is 54.8 Å². The van der Waals surface area contributed by atoms with E-state index in [9.17, 15) is 5.11 Å². The van der Waals surface area contributed by atoms with Crippen molar-refractivity contribution in [2.75, 3.05) is 6.54 Å². The van der Waals surface area contributed by atoms with E-state index in [1.165, 1.54) is 0 Å². The maximum Gasteiger partial charge on any atom is 0.0648 e. The fraction of sp³-hybridized carbons (Fsp3) is 0.625. The molecule has 0 radical (unpaired) electrons. The van der Waals surface area contributed by atoms with E-state index in [0.29, 0.717) is 12.5 Å². The van der Waals surface area contributed by atoms with Gasteiger partial charge in [0, 0.05) is 16.9 Å². The van der Waals surface area contributed by atoms with Crippen LogP contribution in [0, 0.1) is 5.92 Å². The standard InChI is InChI=1S/C16H26BrNO/c1-3-5-13(6-4-2)16(19)15(11-18)12-7-9-14(17)10-8-12/h7-10,13,15-16,19H,3-6,11,18H2,1-2H3. The van der Waals surface area contributed by atoms with Crippen molar-refractivity contribution in [3.8, 4) is 0 Å². The molecule has 19 heavy (non-hydrogen) atoms. The Labute approximate surface area is 125 Å². The Kier molecular flexibility index (Phi) is 7.66. The van der Waals surface area contributed by atoms with Crippen LogP contribution in [0.5, 0.6) is 0 Å². The lowest BCUT2D eigenvalue weighted by atomic mass is 9.81. The SMILES string of the molecule is CCCC(CCC)C(O)C(CN)c1ccc(Br)cc1. The van der Waals surface area contributed by atoms with Crippen LogP contribution in [-0.2, 0) is 0 Å². The maximum absolute atomic E-state index is 10.7. The Balaban J connectivity index is 2.84. The van der Waals surface area contributed by atoms with Crippen molar-refractivity contribution in [3.63, 3.8) is 0 Å². The highest BCUT2D eigenvalue weighted by Gasteiger charge is 2.26. The molecule has 2 nitrogen and oxygen atoms in total. The molecule has 0 fully saturated rings. The molecule has 0 spiro atoms. The van der Waals surface area contributed by atoms with Gasteiger partial charge in [0.15, 0.2) is 0 Å². The van der Waals surface area contributed by atoms with E-state index in [2.05, 4.69) is 41.9 Å². The number of hydrogen-bond donors (Lipinski definition) is 2. The van der Waals surface area contributed by atoms with Crippen molar-refractivity contribution in [1.29, 1.82) is 0 Å². The zero-order chi connectivity index (χ0) is 14.3. The lowest BCUT2D eigenvalue weighted by molar-refractivity contribution is 0.0722. The van der Waals surface area contributed by atoms with Gasteiger partial charge in [-0.25, -0.2) is 0 Å². The second kappa shape index (κ2) is 8.72. The van der Waals surface area contributed by atoms with E-state index in [4.69, 9.17) is 5.73 Å². The first kappa shape index (κ1) is 16.7. The third-order valence-corrected chi connectivity index (χ3v) is 4.29. The molecule has 1 aromatic carbocycles. The highest BCUT2D eigenvalue weighted by molar-refractivity contribution is 9.10. The minimum atomic E-state index is -0.342. The summed E-state index contributed by atoms with van der Waals surface area (Å²) in [5.41, 5.74) is 7.04. The lowest BCUT2D eigenvalue weighted by Gasteiger charge is -2.29. The molecule has 0 aromatic heterocycles. The highest BCUT2D eigenvalue weighted by Crippen LogP contribution is 2.29. The third kappa shape index (κ3) is 4.90. The van der Waals surface area contributed by atoms with Crippen LogP contribution in [-0.4, -0.2) is 17.8 Å². The average molecular weight is 328 g/mol. The molecule has 2 unspecified atom stereocenters. The smallest absolute Gasteiger partial charge is 0.0648 e. The number of aliphatic hydroxyl groups is 1. The zero-order valence-electron chi connectivity index (χ0n) is 12.0. The summed E-state index contributed by atoms with van der Waals surface area (Å²) in [6, 6.07) is 8.14. The number of hydrogen-bond acceptors (Lipinski definition) is 2. The van der Waals surface area contributed by atoms with Crippen LogP contribution < -0.4 is 5.73 Å².